The Morgan fingerprint density at radius 2 is 1.39 bits per heavy atom. The van der Waals surface area contributed by atoms with Gasteiger partial charge in [-0.1, -0.05) is 48.0 Å². The zero-order chi connectivity index (χ0) is 22.6. The number of carbonyl (C=O) groups is 2. The van der Waals surface area contributed by atoms with Gasteiger partial charge in [-0.15, -0.1) is 0 Å². The number of aryl methyl sites for hydroxylation is 1. The Bertz CT molecular complexity index is 1170. The zero-order valence-electron chi connectivity index (χ0n) is 17.5. The summed E-state index contributed by atoms with van der Waals surface area (Å²) in [7, 11) is -2.32. The summed E-state index contributed by atoms with van der Waals surface area (Å²) < 4.78 is 32.1. The van der Waals surface area contributed by atoms with Crippen LogP contribution in [0.25, 0.3) is 0 Å². The average Bonchev–Trinajstić information content (AvgIpc) is 2.79. The smallest absolute Gasteiger partial charge is 0.338 e. The molecule has 3 rings (SSSR count). The monoisotopic (exact) mass is 437 g/mol. The summed E-state index contributed by atoms with van der Waals surface area (Å²) in [6.07, 6.45) is -0.970. The van der Waals surface area contributed by atoms with Gasteiger partial charge in [-0.25, -0.2) is 13.2 Å². The van der Waals surface area contributed by atoms with Crippen molar-refractivity contribution in [3.8, 4) is 0 Å². The lowest BCUT2D eigenvalue weighted by Crippen LogP contribution is -2.26. The lowest BCUT2D eigenvalue weighted by molar-refractivity contribution is 0.0318. The molecule has 0 bridgehead atoms. The van der Waals surface area contributed by atoms with Crippen molar-refractivity contribution < 1.29 is 22.7 Å². The Balaban J connectivity index is 1.71. The Hall–Kier alpha value is -3.45. The summed E-state index contributed by atoms with van der Waals surface area (Å²) in [6.45, 7) is 3.42. The molecule has 0 saturated carbocycles. The topological polar surface area (TPSA) is 80.8 Å². The number of sulfonamides is 1. The molecule has 0 aliphatic rings. The second-order valence-electron chi connectivity index (χ2n) is 7.11. The van der Waals surface area contributed by atoms with E-state index in [9.17, 15) is 18.0 Å². The third-order valence-electron chi connectivity index (χ3n) is 4.86. The number of Topliss-reactive ketones (excluding diaryl/α,β-unsaturated/α-hetero) is 1. The SMILES string of the molecule is Cc1ccc(C(=O)[C@@H](C)OC(=O)c2ccc(S(=O)(=O)N(C)c3ccccc3)cc2)cc1. The molecule has 3 aromatic rings. The molecule has 0 unspecified atom stereocenters. The van der Waals surface area contributed by atoms with Gasteiger partial charge in [0.2, 0.25) is 5.78 Å². The minimum atomic E-state index is -3.78. The maximum absolute atomic E-state index is 12.8. The van der Waals surface area contributed by atoms with Crippen LogP contribution in [0, 0.1) is 6.92 Å². The number of carbonyl (C=O) groups excluding carboxylic acids is 2. The van der Waals surface area contributed by atoms with Gasteiger partial charge < -0.3 is 4.74 Å². The van der Waals surface area contributed by atoms with Crippen molar-refractivity contribution >= 4 is 27.5 Å². The molecule has 0 aliphatic heterocycles. The lowest BCUT2D eigenvalue weighted by atomic mass is 10.1. The molecule has 3 aromatic carbocycles. The number of ketones is 1. The number of hydrogen-bond acceptors (Lipinski definition) is 5. The van der Waals surface area contributed by atoms with Gasteiger partial charge in [0.15, 0.2) is 6.10 Å². The van der Waals surface area contributed by atoms with Crippen LogP contribution in [0.15, 0.2) is 83.8 Å². The quantitative estimate of drug-likeness (QED) is 0.408. The first-order valence-electron chi connectivity index (χ1n) is 9.66. The highest BCUT2D eigenvalue weighted by atomic mass is 32.2. The van der Waals surface area contributed by atoms with E-state index in [2.05, 4.69) is 0 Å². The van der Waals surface area contributed by atoms with Crippen LogP contribution in [0.4, 0.5) is 5.69 Å². The molecule has 1 atom stereocenters. The first-order valence-corrected chi connectivity index (χ1v) is 11.1. The van der Waals surface area contributed by atoms with Gasteiger partial charge in [0, 0.05) is 12.6 Å². The fourth-order valence-electron chi connectivity index (χ4n) is 2.93. The second-order valence-corrected chi connectivity index (χ2v) is 9.08. The van der Waals surface area contributed by atoms with Crippen LogP contribution < -0.4 is 4.31 Å². The van der Waals surface area contributed by atoms with Crippen LogP contribution in [-0.2, 0) is 14.8 Å². The number of esters is 1. The van der Waals surface area contributed by atoms with E-state index in [0.29, 0.717) is 11.3 Å². The molecule has 0 radical (unpaired) electrons. The molecule has 0 aliphatic carbocycles. The van der Waals surface area contributed by atoms with Gasteiger partial charge in [-0.05, 0) is 50.2 Å². The van der Waals surface area contributed by atoms with E-state index in [1.165, 1.54) is 42.5 Å². The van der Waals surface area contributed by atoms with Crippen LogP contribution in [0.5, 0.6) is 0 Å². The van der Waals surface area contributed by atoms with Crippen LogP contribution in [0.2, 0.25) is 0 Å². The summed E-state index contributed by atoms with van der Waals surface area (Å²) in [5.41, 5.74) is 2.16. The Kier molecular flexibility index (Phi) is 6.56. The van der Waals surface area contributed by atoms with E-state index >= 15 is 0 Å². The van der Waals surface area contributed by atoms with Crippen LogP contribution in [-0.4, -0.2) is 33.3 Å². The zero-order valence-corrected chi connectivity index (χ0v) is 18.3. The Morgan fingerprint density at radius 3 is 1.97 bits per heavy atom. The van der Waals surface area contributed by atoms with Crippen molar-refractivity contribution in [1.29, 1.82) is 0 Å². The highest BCUT2D eigenvalue weighted by molar-refractivity contribution is 7.92. The maximum atomic E-state index is 12.8. The number of anilines is 1. The highest BCUT2D eigenvalue weighted by Crippen LogP contribution is 2.22. The number of para-hydroxylation sites is 1. The summed E-state index contributed by atoms with van der Waals surface area (Å²) in [5.74, 6) is -1.01. The molecule has 0 amide bonds. The average molecular weight is 438 g/mol. The van der Waals surface area contributed by atoms with Crippen molar-refractivity contribution in [3.63, 3.8) is 0 Å². The van der Waals surface area contributed by atoms with Crippen molar-refractivity contribution in [1.82, 2.24) is 0 Å². The number of nitrogens with zero attached hydrogens (tertiary/aromatic N) is 1. The third kappa shape index (κ3) is 5.00. The fourth-order valence-corrected chi connectivity index (χ4v) is 4.13. The molecule has 0 aromatic heterocycles. The molecule has 0 fully saturated rings. The number of hydrogen-bond donors (Lipinski definition) is 0. The minimum Gasteiger partial charge on any atom is -0.451 e. The van der Waals surface area contributed by atoms with E-state index in [1.54, 1.807) is 42.5 Å². The molecule has 0 N–H and O–H groups in total. The molecule has 0 saturated heterocycles. The fraction of sp³-hybridized carbons (Fsp3) is 0.167. The van der Waals surface area contributed by atoms with Crippen molar-refractivity contribution in [3.05, 3.63) is 95.6 Å². The molecular formula is C24H23NO5S. The van der Waals surface area contributed by atoms with Crippen LogP contribution >= 0.6 is 0 Å². The molecule has 0 heterocycles. The first kappa shape index (κ1) is 22.2. The summed E-state index contributed by atoms with van der Waals surface area (Å²) in [6, 6.07) is 21.1. The minimum absolute atomic E-state index is 0.0409. The van der Waals surface area contributed by atoms with E-state index < -0.39 is 22.1 Å². The van der Waals surface area contributed by atoms with Crippen LogP contribution in [0.1, 0.15) is 33.2 Å². The molecule has 160 valence electrons. The predicted octanol–water partition coefficient (Wildman–Crippen LogP) is 4.25. The number of rotatable bonds is 7. The van der Waals surface area contributed by atoms with Gasteiger partial charge in [-0.3, -0.25) is 9.10 Å². The largest absolute Gasteiger partial charge is 0.451 e. The number of ether oxygens (including phenoxy) is 1. The van der Waals surface area contributed by atoms with Gasteiger partial charge in [0.05, 0.1) is 16.1 Å². The molecular weight excluding hydrogens is 414 g/mol. The standard InChI is InChI=1S/C24H23NO5S/c1-17-9-11-19(12-10-17)23(26)18(2)30-24(27)20-13-15-22(16-14-20)31(28,29)25(3)21-7-5-4-6-8-21/h4-16,18H,1-3H3/t18-/m1/s1. The van der Waals surface area contributed by atoms with Crippen molar-refractivity contribution in [2.24, 2.45) is 0 Å². The van der Waals surface area contributed by atoms with E-state index in [-0.39, 0.29) is 16.2 Å². The van der Waals surface area contributed by atoms with Crippen molar-refractivity contribution in [2.75, 3.05) is 11.4 Å². The summed E-state index contributed by atoms with van der Waals surface area (Å²) in [5, 5.41) is 0. The van der Waals surface area contributed by atoms with E-state index in [1.807, 2.05) is 19.1 Å². The second kappa shape index (κ2) is 9.14. The predicted molar refractivity (Wildman–Crippen MR) is 119 cm³/mol. The Morgan fingerprint density at radius 1 is 0.839 bits per heavy atom. The van der Waals surface area contributed by atoms with Crippen molar-refractivity contribution in [2.45, 2.75) is 24.8 Å². The lowest BCUT2D eigenvalue weighted by Gasteiger charge is -2.19. The van der Waals surface area contributed by atoms with Gasteiger partial charge in [0.1, 0.15) is 0 Å². The number of benzene rings is 3. The summed E-state index contributed by atoms with van der Waals surface area (Å²) in [4.78, 5) is 24.9. The molecule has 31 heavy (non-hydrogen) atoms. The van der Waals surface area contributed by atoms with Gasteiger partial charge >= 0.3 is 5.97 Å². The van der Waals surface area contributed by atoms with Crippen LogP contribution in [0.3, 0.4) is 0 Å². The highest BCUT2D eigenvalue weighted by Gasteiger charge is 2.23. The first-order chi connectivity index (χ1) is 14.7. The van der Waals surface area contributed by atoms with Gasteiger partial charge in [0.25, 0.3) is 10.0 Å². The van der Waals surface area contributed by atoms with Gasteiger partial charge in [-0.2, -0.15) is 0 Å². The summed E-state index contributed by atoms with van der Waals surface area (Å²) >= 11 is 0. The van der Waals surface area contributed by atoms with E-state index in [4.69, 9.17) is 4.74 Å². The molecule has 6 nitrogen and oxygen atoms in total. The third-order valence-corrected chi connectivity index (χ3v) is 6.66. The Labute approximate surface area is 182 Å². The normalized spacial score (nSPS) is 12.1. The van der Waals surface area contributed by atoms with E-state index in [0.717, 1.165) is 5.56 Å². The maximum Gasteiger partial charge on any atom is 0.338 e. The molecule has 0 spiro atoms. The molecule has 7 heteroatoms.